The van der Waals surface area contributed by atoms with Crippen molar-refractivity contribution in [1.29, 1.82) is 5.41 Å². The molecule has 41 heavy (non-hydrogen) atoms. The van der Waals surface area contributed by atoms with Gasteiger partial charge in [-0.25, -0.2) is 9.48 Å². The number of aliphatic hydroxyl groups is 1. The first-order chi connectivity index (χ1) is 19.5. The van der Waals surface area contributed by atoms with E-state index in [1.54, 1.807) is 11.8 Å². The Balaban J connectivity index is 1.21. The first kappa shape index (κ1) is 28.9. The number of likely N-dealkylation sites (tertiary alicyclic amines) is 1. The Morgan fingerprint density at radius 2 is 2.10 bits per heavy atom. The van der Waals surface area contributed by atoms with Gasteiger partial charge in [0.1, 0.15) is 18.6 Å². The number of nitrogens with zero attached hydrogens (tertiary/aromatic N) is 6. The quantitative estimate of drug-likeness (QED) is 0.0948. The van der Waals surface area contributed by atoms with Crippen molar-refractivity contribution in [3.05, 3.63) is 16.9 Å². The number of aromatic nitrogens is 4. The molecule has 8 atom stereocenters. The van der Waals surface area contributed by atoms with Crippen molar-refractivity contribution >= 4 is 41.3 Å². The van der Waals surface area contributed by atoms with Crippen LogP contribution in [-0.4, -0.2) is 119 Å². The second-order valence-electron chi connectivity index (χ2n) is 11.1. The first-order valence-corrected chi connectivity index (χ1v) is 14.3. The van der Waals surface area contributed by atoms with E-state index in [0.29, 0.717) is 24.4 Å². The van der Waals surface area contributed by atoms with E-state index >= 15 is 0 Å². The van der Waals surface area contributed by atoms with Gasteiger partial charge in [0.25, 0.3) is 0 Å². The van der Waals surface area contributed by atoms with Crippen molar-refractivity contribution in [2.75, 3.05) is 19.6 Å². The molecule has 5 rings (SSSR count). The zero-order valence-corrected chi connectivity index (χ0v) is 23.5. The molecule has 0 aromatic carbocycles. The molecule has 0 radical (unpaired) electrons. The number of aliphatic hydroxyl groups excluding tert-OH is 1. The van der Waals surface area contributed by atoms with Crippen molar-refractivity contribution in [2.45, 2.75) is 62.7 Å². The highest BCUT2D eigenvalue weighted by molar-refractivity contribution is 8.03. The molecule has 16 nitrogen and oxygen atoms in total. The molecule has 1 aromatic rings. The topological polar surface area (TPSA) is 233 Å². The number of β-lactam (4-membered cyclic amide) rings is 1. The van der Waals surface area contributed by atoms with E-state index in [-0.39, 0.29) is 65.9 Å². The molecule has 7 N–H and O–H groups in total. The van der Waals surface area contributed by atoms with Gasteiger partial charge in [-0.15, -0.1) is 16.9 Å². The lowest BCUT2D eigenvalue weighted by Crippen LogP contribution is -2.66. The van der Waals surface area contributed by atoms with Gasteiger partial charge in [-0.3, -0.25) is 19.8 Å². The largest absolute Gasteiger partial charge is 0.477 e. The van der Waals surface area contributed by atoms with Gasteiger partial charge in [0.05, 0.1) is 29.9 Å². The summed E-state index contributed by atoms with van der Waals surface area (Å²) in [6.45, 7) is 4.49. The number of hydrogen-bond acceptors (Lipinski definition) is 11. The Labute approximate surface area is 239 Å². The molecule has 1 unspecified atom stereocenters. The minimum absolute atomic E-state index is 0.0291. The summed E-state index contributed by atoms with van der Waals surface area (Å²) in [7, 11) is 0. The summed E-state index contributed by atoms with van der Waals surface area (Å²) in [6.07, 6.45) is 1.26. The van der Waals surface area contributed by atoms with Crippen LogP contribution in [0.4, 0.5) is 0 Å². The molecular weight excluding hydrogens is 556 g/mol. The van der Waals surface area contributed by atoms with Gasteiger partial charge in [-0.05, 0) is 23.8 Å². The van der Waals surface area contributed by atoms with E-state index < -0.39 is 36.1 Å². The lowest BCUT2D eigenvalue weighted by Gasteiger charge is -2.47. The number of tetrazole rings is 1. The summed E-state index contributed by atoms with van der Waals surface area (Å²) in [5, 5.41) is 44.4. The average molecular weight is 591 g/mol. The monoisotopic (exact) mass is 590 g/mol. The number of nitrogens with one attached hydrogen (secondary N) is 3. The standard InChI is InChI=1S/C24H34N10O6S/c1-10-19-18(11(2)29-17(36)8-33-9-28-30-31-33)23(38)34(19)20(24(39)40)21(10)41-13-4-14(27-5-13)22(37)32-6-12(3-16(25)26)15(35)7-32/h9-15,18-19,27,35H,3-8H2,1-2H3,(H3,25,26)(H,29,36)(H,39,40)/t10-,11-,12-,13+,14+,15+,18?,19-/m1/s1. The Kier molecular flexibility index (Phi) is 8.02. The maximum absolute atomic E-state index is 13.2. The summed E-state index contributed by atoms with van der Waals surface area (Å²) in [5.41, 5.74) is 5.44. The zero-order valence-electron chi connectivity index (χ0n) is 22.6. The van der Waals surface area contributed by atoms with E-state index in [4.69, 9.17) is 11.1 Å². The number of rotatable bonds is 10. The predicted octanol–water partition coefficient (Wildman–Crippen LogP) is -2.44. The van der Waals surface area contributed by atoms with Crippen LogP contribution in [0.15, 0.2) is 16.9 Å². The average Bonchev–Trinajstić information content (AvgIpc) is 3.68. The van der Waals surface area contributed by atoms with Crippen LogP contribution < -0.4 is 16.4 Å². The summed E-state index contributed by atoms with van der Waals surface area (Å²) in [4.78, 5) is 54.6. The number of carbonyl (C=O) groups excluding carboxylic acids is 3. The number of thioether (sulfide) groups is 1. The van der Waals surface area contributed by atoms with Crippen LogP contribution in [0.3, 0.4) is 0 Å². The molecule has 0 bridgehead atoms. The summed E-state index contributed by atoms with van der Waals surface area (Å²) in [6, 6.07) is -1.42. The first-order valence-electron chi connectivity index (χ1n) is 13.5. The fraction of sp³-hybridized carbons (Fsp3) is 0.667. The van der Waals surface area contributed by atoms with E-state index in [1.807, 2.05) is 6.92 Å². The van der Waals surface area contributed by atoms with Gasteiger partial charge >= 0.3 is 5.97 Å². The lowest BCUT2D eigenvalue weighted by atomic mass is 9.78. The van der Waals surface area contributed by atoms with E-state index in [1.165, 1.54) is 27.7 Å². The summed E-state index contributed by atoms with van der Waals surface area (Å²) < 4.78 is 1.26. The maximum atomic E-state index is 13.2. The third-order valence-electron chi connectivity index (χ3n) is 8.30. The molecule has 3 fully saturated rings. The molecule has 3 amide bonds. The second-order valence-corrected chi connectivity index (χ2v) is 12.5. The van der Waals surface area contributed by atoms with Gasteiger partial charge in [0.2, 0.25) is 17.7 Å². The van der Waals surface area contributed by atoms with Gasteiger partial charge in [0.15, 0.2) is 0 Å². The number of nitrogens with two attached hydrogens (primary N) is 1. The van der Waals surface area contributed by atoms with Crippen LogP contribution in [0.2, 0.25) is 0 Å². The molecule has 0 aliphatic carbocycles. The van der Waals surface area contributed by atoms with Gasteiger partial charge in [-0.2, -0.15) is 0 Å². The number of fused-ring (bicyclic) bond motifs is 1. The van der Waals surface area contributed by atoms with Crippen molar-refractivity contribution in [1.82, 2.24) is 40.6 Å². The molecule has 1 aromatic heterocycles. The van der Waals surface area contributed by atoms with Crippen LogP contribution in [-0.2, 0) is 25.7 Å². The Hall–Kier alpha value is -3.57. The van der Waals surface area contributed by atoms with Crippen LogP contribution in [0.1, 0.15) is 26.7 Å². The molecule has 3 saturated heterocycles. The third kappa shape index (κ3) is 5.52. The SMILES string of the molecule is C[C@@H](NC(=O)Cn1cnnn1)C1C(=O)N2C(C(=O)O)=C(S[C@@H]3CN[C@H](C(=O)N4C[C@@H](CC(=N)N)[C@@H](O)C4)C3)[C@H](C)[C@H]12. The fourth-order valence-electron chi connectivity index (χ4n) is 6.38. The molecule has 5 heterocycles. The number of hydrogen-bond donors (Lipinski definition) is 6. The predicted molar refractivity (Wildman–Crippen MR) is 144 cm³/mol. The number of aliphatic carboxylic acids is 1. The Bertz CT molecular complexity index is 1270. The zero-order chi connectivity index (χ0) is 29.6. The lowest BCUT2D eigenvalue weighted by molar-refractivity contribution is -0.158. The van der Waals surface area contributed by atoms with E-state index in [9.17, 15) is 29.4 Å². The van der Waals surface area contributed by atoms with Crippen LogP contribution in [0.5, 0.6) is 0 Å². The van der Waals surface area contributed by atoms with Crippen molar-refractivity contribution < 1.29 is 29.4 Å². The molecular formula is C24H34N10O6S. The van der Waals surface area contributed by atoms with Crippen molar-refractivity contribution in [3.8, 4) is 0 Å². The highest BCUT2D eigenvalue weighted by Crippen LogP contribution is 2.51. The van der Waals surface area contributed by atoms with Crippen molar-refractivity contribution in [2.24, 2.45) is 23.5 Å². The van der Waals surface area contributed by atoms with Gasteiger partial charge in [0, 0.05) is 54.1 Å². The second kappa shape index (κ2) is 11.4. The minimum atomic E-state index is -1.19. The van der Waals surface area contributed by atoms with Crippen LogP contribution in [0, 0.1) is 23.2 Å². The number of β-amino-alcohol motifs (C(OH)–C–C–N with tert-alkyl or cyclic N) is 1. The molecule has 4 aliphatic rings. The number of carbonyl (C=O) groups is 4. The molecule has 222 valence electrons. The molecule has 17 heteroatoms. The minimum Gasteiger partial charge on any atom is -0.477 e. The van der Waals surface area contributed by atoms with Gasteiger partial charge in [-0.1, -0.05) is 6.92 Å². The number of carboxylic acid groups (broad SMARTS) is 1. The van der Waals surface area contributed by atoms with E-state index in [0.717, 1.165) is 0 Å². The fourth-order valence-corrected chi connectivity index (χ4v) is 7.86. The molecule has 0 saturated carbocycles. The molecule has 4 aliphatic heterocycles. The highest BCUT2D eigenvalue weighted by atomic mass is 32.2. The summed E-state index contributed by atoms with van der Waals surface area (Å²) in [5.74, 6) is -3.21. The normalized spacial score (nSPS) is 31.7. The van der Waals surface area contributed by atoms with Crippen molar-refractivity contribution in [3.63, 3.8) is 0 Å². The Morgan fingerprint density at radius 1 is 1.34 bits per heavy atom. The maximum Gasteiger partial charge on any atom is 0.353 e. The van der Waals surface area contributed by atoms with Crippen LogP contribution in [0.25, 0.3) is 0 Å². The number of amides is 3. The number of amidine groups is 1. The number of carboxylic acids is 1. The Morgan fingerprint density at radius 3 is 2.76 bits per heavy atom. The molecule has 0 spiro atoms. The van der Waals surface area contributed by atoms with Gasteiger partial charge < -0.3 is 36.4 Å². The van der Waals surface area contributed by atoms with E-state index in [2.05, 4.69) is 26.2 Å². The third-order valence-corrected chi connectivity index (χ3v) is 9.81. The summed E-state index contributed by atoms with van der Waals surface area (Å²) >= 11 is 1.38. The highest BCUT2D eigenvalue weighted by Gasteiger charge is 2.60. The van der Waals surface area contributed by atoms with Crippen LogP contribution >= 0.6 is 11.8 Å². The smallest absolute Gasteiger partial charge is 0.353 e.